The summed E-state index contributed by atoms with van der Waals surface area (Å²) in [6, 6.07) is 6.62. The van der Waals surface area contributed by atoms with Crippen LogP contribution in [0.2, 0.25) is 0 Å². The molecule has 0 saturated carbocycles. The summed E-state index contributed by atoms with van der Waals surface area (Å²) in [5.41, 5.74) is 2.99. The number of rotatable bonds is 7. The molecule has 3 N–H and O–H groups in total. The van der Waals surface area contributed by atoms with Gasteiger partial charge in [0.05, 0.1) is 11.1 Å². The summed E-state index contributed by atoms with van der Waals surface area (Å²) in [6.07, 6.45) is -3.37. The molecule has 0 aliphatic rings. The van der Waals surface area contributed by atoms with E-state index in [-0.39, 0.29) is 30.3 Å². The maximum Gasteiger partial charge on any atom is 0.419 e. The molecule has 0 spiro atoms. The second kappa shape index (κ2) is 8.59. The lowest BCUT2D eigenvalue weighted by Crippen LogP contribution is -2.46. The summed E-state index contributed by atoms with van der Waals surface area (Å²) in [7, 11) is 0. The number of benzene rings is 1. The highest BCUT2D eigenvalue weighted by Gasteiger charge is 2.36. The van der Waals surface area contributed by atoms with E-state index in [1.54, 1.807) is 0 Å². The zero-order valence-corrected chi connectivity index (χ0v) is 17.2. The molecule has 0 aliphatic heterocycles. The lowest BCUT2D eigenvalue weighted by Gasteiger charge is -2.30. The van der Waals surface area contributed by atoms with Gasteiger partial charge in [-0.25, -0.2) is 9.37 Å². The Balaban J connectivity index is 2.33. The number of aromatic nitrogens is 1. The van der Waals surface area contributed by atoms with Crippen molar-refractivity contribution in [2.24, 2.45) is 5.73 Å². The molecular formula is C21H25F4N3O2. The van der Waals surface area contributed by atoms with Gasteiger partial charge in [0, 0.05) is 19.5 Å². The van der Waals surface area contributed by atoms with Crippen molar-refractivity contribution in [1.29, 1.82) is 0 Å². The van der Waals surface area contributed by atoms with E-state index < -0.39 is 28.7 Å². The summed E-state index contributed by atoms with van der Waals surface area (Å²) < 4.78 is 60.2. The second-order valence-corrected chi connectivity index (χ2v) is 8.16. The number of nitrogens with zero attached hydrogens (tertiary/aromatic N) is 1. The first-order valence-electron chi connectivity index (χ1n) is 9.22. The Hall–Kier alpha value is -2.68. The summed E-state index contributed by atoms with van der Waals surface area (Å²) in [6.45, 7) is 5.23. The van der Waals surface area contributed by atoms with Crippen LogP contribution in [0.5, 0.6) is 5.75 Å². The maximum absolute atomic E-state index is 13.9. The highest BCUT2D eigenvalue weighted by atomic mass is 19.4. The van der Waals surface area contributed by atoms with Crippen LogP contribution in [-0.2, 0) is 11.0 Å². The van der Waals surface area contributed by atoms with Gasteiger partial charge < -0.3 is 15.8 Å². The topological polar surface area (TPSA) is 77.2 Å². The highest BCUT2D eigenvalue weighted by molar-refractivity contribution is 5.88. The van der Waals surface area contributed by atoms with Gasteiger partial charge in [0.2, 0.25) is 5.91 Å². The predicted octanol–water partition coefficient (Wildman–Crippen LogP) is 4.96. The molecule has 9 heteroatoms. The van der Waals surface area contributed by atoms with Crippen LogP contribution in [0.3, 0.4) is 0 Å². The van der Waals surface area contributed by atoms with Crippen LogP contribution < -0.4 is 15.8 Å². The summed E-state index contributed by atoms with van der Waals surface area (Å²) >= 11 is 0. The third-order valence-corrected chi connectivity index (χ3v) is 4.06. The SMILES string of the molecule is CC(=O)Nc1cc(-c2ccc(OC[C@@](C)(N)CC(C)(C)F)c(C(F)(F)F)c2)ccn1. The van der Waals surface area contributed by atoms with Gasteiger partial charge in [0.1, 0.15) is 23.8 Å². The van der Waals surface area contributed by atoms with Crippen LogP contribution in [0.4, 0.5) is 23.4 Å². The number of pyridine rings is 1. The van der Waals surface area contributed by atoms with E-state index >= 15 is 0 Å². The van der Waals surface area contributed by atoms with Crippen molar-refractivity contribution in [2.75, 3.05) is 11.9 Å². The van der Waals surface area contributed by atoms with Gasteiger partial charge in [-0.2, -0.15) is 13.2 Å². The second-order valence-electron chi connectivity index (χ2n) is 8.16. The minimum atomic E-state index is -4.68. The molecule has 2 aromatic rings. The maximum atomic E-state index is 13.9. The number of nitrogens with one attached hydrogen (secondary N) is 1. The van der Waals surface area contributed by atoms with Crippen LogP contribution in [0.25, 0.3) is 11.1 Å². The number of hydrogen-bond donors (Lipinski definition) is 2. The molecule has 1 aromatic carbocycles. The lowest BCUT2D eigenvalue weighted by molar-refractivity contribution is -0.139. The van der Waals surface area contributed by atoms with Gasteiger partial charge in [-0.3, -0.25) is 4.79 Å². The Bertz CT molecular complexity index is 906. The zero-order valence-electron chi connectivity index (χ0n) is 17.2. The van der Waals surface area contributed by atoms with Gasteiger partial charge >= 0.3 is 6.18 Å². The van der Waals surface area contributed by atoms with E-state index in [9.17, 15) is 22.4 Å². The average Bonchev–Trinajstić information content (AvgIpc) is 2.57. The molecule has 1 amide bonds. The molecule has 0 fully saturated rings. The average molecular weight is 427 g/mol. The van der Waals surface area contributed by atoms with Gasteiger partial charge in [-0.1, -0.05) is 6.07 Å². The fourth-order valence-electron chi connectivity index (χ4n) is 3.17. The third kappa shape index (κ3) is 6.98. The number of carbonyl (C=O) groups excluding carboxylic acids is 1. The first kappa shape index (κ1) is 23.6. The van der Waals surface area contributed by atoms with Crippen molar-refractivity contribution in [3.05, 3.63) is 42.1 Å². The lowest BCUT2D eigenvalue weighted by atomic mass is 9.90. The van der Waals surface area contributed by atoms with Crippen LogP contribution in [-0.4, -0.2) is 28.7 Å². The Kier molecular flexibility index (Phi) is 6.76. The summed E-state index contributed by atoms with van der Waals surface area (Å²) in [5.74, 6) is -0.516. The molecule has 0 radical (unpaired) electrons. The van der Waals surface area contributed by atoms with Gasteiger partial charge in [0.25, 0.3) is 0 Å². The molecule has 0 bridgehead atoms. The molecule has 1 atom stereocenters. The summed E-state index contributed by atoms with van der Waals surface area (Å²) in [5, 5.41) is 2.49. The first-order valence-corrected chi connectivity index (χ1v) is 9.22. The number of carbonyl (C=O) groups is 1. The van der Waals surface area contributed by atoms with Crippen LogP contribution in [0.1, 0.15) is 39.7 Å². The van der Waals surface area contributed by atoms with E-state index in [2.05, 4.69) is 10.3 Å². The molecule has 30 heavy (non-hydrogen) atoms. The fourth-order valence-corrected chi connectivity index (χ4v) is 3.17. The van der Waals surface area contributed by atoms with Gasteiger partial charge in [-0.15, -0.1) is 0 Å². The minimum Gasteiger partial charge on any atom is -0.491 e. The van der Waals surface area contributed by atoms with Gasteiger partial charge in [0.15, 0.2) is 0 Å². The first-order chi connectivity index (χ1) is 13.7. The van der Waals surface area contributed by atoms with E-state index in [1.807, 2.05) is 0 Å². The number of nitrogens with two attached hydrogens (primary N) is 1. The quantitative estimate of drug-likeness (QED) is 0.613. The highest BCUT2D eigenvalue weighted by Crippen LogP contribution is 2.39. The fraction of sp³-hybridized carbons (Fsp3) is 0.429. The number of halogens is 4. The number of alkyl halides is 4. The van der Waals surface area contributed by atoms with E-state index in [4.69, 9.17) is 10.5 Å². The Morgan fingerprint density at radius 1 is 1.10 bits per heavy atom. The van der Waals surface area contributed by atoms with Crippen molar-refractivity contribution in [2.45, 2.75) is 51.5 Å². The van der Waals surface area contributed by atoms with E-state index in [1.165, 1.54) is 58.2 Å². The van der Waals surface area contributed by atoms with Crippen molar-refractivity contribution in [3.63, 3.8) is 0 Å². The van der Waals surface area contributed by atoms with E-state index in [0.717, 1.165) is 6.07 Å². The number of hydrogen-bond acceptors (Lipinski definition) is 4. The standard InChI is InChI=1S/C21H25F4N3O2/c1-13(29)28-18-10-15(7-8-27-18)14-5-6-17(16(9-14)21(23,24)25)30-12-20(4,26)11-19(2,3)22/h5-10H,11-12,26H2,1-4H3,(H,27,28,29)/t20-/m0/s1. The van der Waals surface area contributed by atoms with Gasteiger partial charge in [-0.05, 0) is 56.2 Å². The molecule has 0 unspecified atom stereocenters. The molecule has 0 aliphatic carbocycles. The van der Waals surface area contributed by atoms with Crippen molar-refractivity contribution < 1.29 is 27.1 Å². The smallest absolute Gasteiger partial charge is 0.419 e. The minimum absolute atomic E-state index is 0.0810. The Morgan fingerprint density at radius 2 is 1.73 bits per heavy atom. The predicted molar refractivity (Wildman–Crippen MR) is 107 cm³/mol. The zero-order chi connectivity index (χ0) is 22.7. The Labute approximate surface area is 172 Å². The Morgan fingerprint density at radius 3 is 2.30 bits per heavy atom. The van der Waals surface area contributed by atoms with E-state index in [0.29, 0.717) is 5.56 Å². The summed E-state index contributed by atoms with van der Waals surface area (Å²) in [4.78, 5) is 15.1. The largest absolute Gasteiger partial charge is 0.491 e. The molecule has 2 rings (SSSR count). The third-order valence-electron chi connectivity index (χ3n) is 4.06. The molecule has 5 nitrogen and oxygen atoms in total. The van der Waals surface area contributed by atoms with Crippen LogP contribution >= 0.6 is 0 Å². The van der Waals surface area contributed by atoms with Crippen LogP contribution in [0, 0.1) is 0 Å². The number of anilines is 1. The monoisotopic (exact) mass is 427 g/mol. The molecule has 1 heterocycles. The normalized spacial score (nSPS) is 14.2. The van der Waals surface area contributed by atoms with Crippen molar-refractivity contribution in [1.82, 2.24) is 4.98 Å². The molecule has 164 valence electrons. The molecular weight excluding hydrogens is 402 g/mol. The molecule has 0 saturated heterocycles. The molecule has 1 aromatic heterocycles. The van der Waals surface area contributed by atoms with Crippen LogP contribution in [0.15, 0.2) is 36.5 Å². The number of amides is 1. The van der Waals surface area contributed by atoms with Crippen molar-refractivity contribution >= 4 is 11.7 Å². The number of ether oxygens (including phenoxy) is 1. The van der Waals surface area contributed by atoms with Crippen molar-refractivity contribution in [3.8, 4) is 16.9 Å².